The van der Waals surface area contributed by atoms with Crippen molar-refractivity contribution in [3.8, 4) is 0 Å². The molecular formula is C14H23ClN2. The minimum absolute atomic E-state index is 0.330. The number of alkyl halides is 1. The van der Waals surface area contributed by atoms with Gasteiger partial charge in [0.15, 0.2) is 0 Å². The fourth-order valence-electron chi connectivity index (χ4n) is 2.77. The molecule has 1 aliphatic carbocycles. The van der Waals surface area contributed by atoms with Gasteiger partial charge in [-0.15, -0.1) is 11.6 Å². The molecule has 1 unspecified atom stereocenters. The van der Waals surface area contributed by atoms with Crippen molar-refractivity contribution in [3.63, 3.8) is 0 Å². The Balaban J connectivity index is 2.05. The molecule has 0 aromatic carbocycles. The maximum absolute atomic E-state index is 6.18. The highest BCUT2D eigenvalue weighted by molar-refractivity contribution is 6.18. The van der Waals surface area contributed by atoms with Gasteiger partial charge in [-0.3, -0.25) is 4.68 Å². The predicted octanol–water partition coefficient (Wildman–Crippen LogP) is 4.20. The zero-order chi connectivity index (χ0) is 12.3. The van der Waals surface area contributed by atoms with Gasteiger partial charge in [0, 0.05) is 18.1 Å². The van der Waals surface area contributed by atoms with Crippen LogP contribution in [0.5, 0.6) is 0 Å². The number of aromatic nitrogens is 2. The van der Waals surface area contributed by atoms with Gasteiger partial charge in [-0.2, -0.15) is 5.10 Å². The van der Waals surface area contributed by atoms with Crippen LogP contribution < -0.4 is 0 Å². The summed E-state index contributed by atoms with van der Waals surface area (Å²) in [5.41, 5.74) is 1.55. The zero-order valence-corrected chi connectivity index (χ0v) is 11.7. The van der Waals surface area contributed by atoms with Crippen molar-refractivity contribution in [2.75, 3.05) is 5.88 Å². The Bertz CT molecular complexity index is 353. The average Bonchev–Trinajstić information content (AvgIpc) is 2.98. The minimum Gasteiger partial charge on any atom is -0.270 e. The van der Waals surface area contributed by atoms with E-state index in [1.807, 2.05) is 0 Å². The average molecular weight is 255 g/mol. The topological polar surface area (TPSA) is 17.8 Å². The zero-order valence-electron chi connectivity index (χ0n) is 11.0. The third-order valence-electron chi connectivity index (χ3n) is 4.21. The second-order valence-corrected chi connectivity index (χ2v) is 5.83. The molecule has 1 aromatic rings. The normalized spacial score (nSPS) is 20.6. The Morgan fingerprint density at radius 1 is 1.47 bits per heavy atom. The van der Waals surface area contributed by atoms with E-state index >= 15 is 0 Å². The molecule has 1 atom stereocenters. The first-order chi connectivity index (χ1) is 8.19. The van der Waals surface area contributed by atoms with Crippen LogP contribution in [0.4, 0.5) is 0 Å². The van der Waals surface area contributed by atoms with E-state index in [9.17, 15) is 0 Å². The van der Waals surface area contributed by atoms with Gasteiger partial charge in [-0.25, -0.2) is 0 Å². The monoisotopic (exact) mass is 254 g/mol. The number of halogens is 1. The van der Waals surface area contributed by atoms with Gasteiger partial charge in [0.1, 0.15) is 0 Å². The van der Waals surface area contributed by atoms with Gasteiger partial charge in [0.2, 0.25) is 0 Å². The first-order valence-corrected chi connectivity index (χ1v) is 7.32. The quantitative estimate of drug-likeness (QED) is 0.721. The molecular weight excluding hydrogens is 232 g/mol. The van der Waals surface area contributed by atoms with Crippen LogP contribution in [0.15, 0.2) is 12.3 Å². The summed E-state index contributed by atoms with van der Waals surface area (Å²) in [5, 5.41) is 4.70. The first kappa shape index (κ1) is 12.9. The number of nitrogens with zero attached hydrogens (tertiary/aromatic N) is 2. The van der Waals surface area contributed by atoms with Crippen LogP contribution in [0, 0.1) is 5.41 Å². The molecule has 0 saturated heterocycles. The van der Waals surface area contributed by atoms with Crippen LogP contribution in [0.1, 0.15) is 57.7 Å². The highest BCUT2D eigenvalue weighted by Crippen LogP contribution is 2.41. The third kappa shape index (κ3) is 2.85. The van der Waals surface area contributed by atoms with Crippen LogP contribution in [0.3, 0.4) is 0 Å². The van der Waals surface area contributed by atoms with Gasteiger partial charge in [0.05, 0.1) is 5.69 Å². The molecule has 0 bridgehead atoms. The molecule has 1 aromatic heterocycles. The molecule has 0 amide bonds. The van der Waals surface area contributed by atoms with Gasteiger partial charge < -0.3 is 0 Å². The fourth-order valence-corrected chi connectivity index (χ4v) is 3.13. The summed E-state index contributed by atoms with van der Waals surface area (Å²) in [6, 6.07) is 2.66. The van der Waals surface area contributed by atoms with E-state index in [0.717, 1.165) is 18.7 Å². The van der Waals surface area contributed by atoms with E-state index in [1.54, 1.807) is 0 Å². The maximum atomic E-state index is 6.18. The van der Waals surface area contributed by atoms with E-state index in [0.29, 0.717) is 11.5 Å². The lowest BCUT2D eigenvalue weighted by atomic mass is 9.84. The summed E-state index contributed by atoms with van der Waals surface area (Å²) < 4.78 is 2.09. The van der Waals surface area contributed by atoms with Crippen LogP contribution >= 0.6 is 11.6 Å². The minimum atomic E-state index is 0.330. The van der Waals surface area contributed by atoms with Crippen molar-refractivity contribution < 1.29 is 0 Å². The maximum Gasteiger partial charge on any atom is 0.0630 e. The lowest BCUT2D eigenvalue weighted by Gasteiger charge is -2.25. The summed E-state index contributed by atoms with van der Waals surface area (Å²) in [4.78, 5) is 0. The van der Waals surface area contributed by atoms with E-state index < -0.39 is 0 Å². The molecule has 2 rings (SSSR count). The van der Waals surface area contributed by atoms with Crippen LogP contribution in [-0.4, -0.2) is 15.7 Å². The van der Waals surface area contributed by atoms with Crippen molar-refractivity contribution in [1.29, 1.82) is 0 Å². The number of rotatable bonds is 5. The summed E-state index contributed by atoms with van der Waals surface area (Å²) in [6.45, 7) is 4.41. The fraction of sp³-hybridized carbons (Fsp3) is 0.786. The van der Waals surface area contributed by atoms with E-state index in [-0.39, 0.29) is 0 Å². The molecule has 0 radical (unpaired) electrons. The molecule has 1 fully saturated rings. The van der Waals surface area contributed by atoms with Gasteiger partial charge >= 0.3 is 0 Å². The Labute approximate surface area is 109 Å². The lowest BCUT2D eigenvalue weighted by Crippen LogP contribution is -2.22. The van der Waals surface area contributed by atoms with Crippen LogP contribution in [-0.2, 0) is 6.42 Å². The Morgan fingerprint density at radius 2 is 2.18 bits per heavy atom. The second-order valence-electron chi connectivity index (χ2n) is 5.56. The SMILES string of the molecule is CCC(C)n1ccc(CC2(CCl)CCCC2)n1. The predicted molar refractivity (Wildman–Crippen MR) is 72.6 cm³/mol. The molecule has 1 aliphatic rings. The molecule has 3 heteroatoms. The number of hydrogen-bond donors (Lipinski definition) is 0. The van der Waals surface area contributed by atoms with Crippen molar-refractivity contribution in [2.24, 2.45) is 5.41 Å². The Hall–Kier alpha value is -0.500. The largest absolute Gasteiger partial charge is 0.270 e. The Morgan fingerprint density at radius 3 is 2.76 bits per heavy atom. The molecule has 1 heterocycles. The lowest BCUT2D eigenvalue weighted by molar-refractivity contribution is 0.334. The van der Waals surface area contributed by atoms with Crippen molar-refractivity contribution in [2.45, 2.75) is 58.4 Å². The number of hydrogen-bond acceptors (Lipinski definition) is 1. The molecule has 2 nitrogen and oxygen atoms in total. The van der Waals surface area contributed by atoms with Gasteiger partial charge in [-0.05, 0) is 44.1 Å². The van der Waals surface area contributed by atoms with E-state index in [4.69, 9.17) is 16.7 Å². The molecule has 17 heavy (non-hydrogen) atoms. The van der Waals surface area contributed by atoms with Crippen molar-refractivity contribution in [3.05, 3.63) is 18.0 Å². The molecule has 0 N–H and O–H groups in total. The van der Waals surface area contributed by atoms with Crippen molar-refractivity contribution in [1.82, 2.24) is 9.78 Å². The Kier molecular flexibility index (Phi) is 4.13. The third-order valence-corrected chi connectivity index (χ3v) is 4.78. The van der Waals surface area contributed by atoms with Crippen LogP contribution in [0.2, 0.25) is 0 Å². The summed E-state index contributed by atoms with van der Waals surface area (Å²) in [7, 11) is 0. The smallest absolute Gasteiger partial charge is 0.0630 e. The van der Waals surface area contributed by atoms with Crippen LogP contribution in [0.25, 0.3) is 0 Å². The van der Waals surface area contributed by atoms with Gasteiger partial charge in [0.25, 0.3) is 0 Å². The standard InChI is InChI=1S/C14H23ClN2/c1-3-12(2)17-9-6-13(16-17)10-14(11-15)7-4-5-8-14/h6,9,12H,3-5,7-8,10-11H2,1-2H3. The first-order valence-electron chi connectivity index (χ1n) is 6.79. The van der Waals surface area contributed by atoms with E-state index in [1.165, 1.54) is 31.4 Å². The summed E-state index contributed by atoms with van der Waals surface area (Å²) >= 11 is 6.18. The highest BCUT2D eigenvalue weighted by Gasteiger charge is 2.33. The molecule has 0 aliphatic heterocycles. The highest BCUT2D eigenvalue weighted by atomic mass is 35.5. The van der Waals surface area contributed by atoms with Gasteiger partial charge in [-0.1, -0.05) is 19.8 Å². The summed E-state index contributed by atoms with van der Waals surface area (Å²) in [6.07, 6.45) is 9.50. The molecule has 0 spiro atoms. The van der Waals surface area contributed by atoms with Crippen molar-refractivity contribution >= 4 is 11.6 Å². The molecule has 1 saturated carbocycles. The van der Waals surface area contributed by atoms with E-state index in [2.05, 4.69) is 30.8 Å². The summed E-state index contributed by atoms with van der Waals surface area (Å²) in [5.74, 6) is 0.781. The molecule has 96 valence electrons. The second kappa shape index (κ2) is 5.43.